The summed E-state index contributed by atoms with van der Waals surface area (Å²) in [6.07, 6.45) is -0.224. The van der Waals surface area contributed by atoms with Gasteiger partial charge in [0.15, 0.2) is 23.2 Å². The van der Waals surface area contributed by atoms with E-state index in [1.54, 1.807) is 4.57 Å². The molecular formula is C23H23N5O4. The monoisotopic (exact) mass is 433 g/mol. The average molecular weight is 433 g/mol. The van der Waals surface area contributed by atoms with Crippen molar-refractivity contribution in [1.29, 1.82) is 0 Å². The van der Waals surface area contributed by atoms with Crippen LogP contribution in [0.3, 0.4) is 0 Å². The summed E-state index contributed by atoms with van der Waals surface area (Å²) in [4.78, 5) is 13.1. The van der Waals surface area contributed by atoms with Gasteiger partial charge in [0.2, 0.25) is 0 Å². The molecule has 0 saturated carbocycles. The number of hydrogen-bond acceptors (Lipinski definition) is 8. The van der Waals surface area contributed by atoms with E-state index in [0.717, 1.165) is 6.42 Å². The number of rotatable bonds is 5. The first-order valence-electron chi connectivity index (χ1n) is 10.7. The molecule has 0 amide bonds. The molecule has 1 saturated heterocycles. The minimum atomic E-state index is -1.20. The van der Waals surface area contributed by atoms with Crippen LogP contribution in [0.1, 0.15) is 23.3 Å². The number of imidazole rings is 1. The van der Waals surface area contributed by atoms with Crippen molar-refractivity contribution in [2.45, 2.75) is 36.9 Å². The zero-order chi connectivity index (χ0) is 21.8. The van der Waals surface area contributed by atoms with Crippen molar-refractivity contribution in [1.82, 2.24) is 19.5 Å². The van der Waals surface area contributed by atoms with Gasteiger partial charge in [-0.1, -0.05) is 36.4 Å². The van der Waals surface area contributed by atoms with Crippen LogP contribution in [0.2, 0.25) is 0 Å². The van der Waals surface area contributed by atoms with E-state index in [-0.39, 0.29) is 6.61 Å². The third-order valence-electron chi connectivity index (χ3n) is 6.60. The summed E-state index contributed by atoms with van der Waals surface area (Å²) in [6, 6.07) is 12.9. The lowest BCUT2D eigenvalue weighted by Gasteiger charge is -2.17. The predicted octanol–water partition coefficient (Wildman–Crippen LogP) is 1.34. The molecule has 0 radical (unpaired) electrons. The van der Waals surface area contributed by atoms with E-state index in [2.05, 4.69) is 56.7 Å². The first-order valence-corrected chi connectivity index (χ1v) is 10.7. The first-order chi connectivity index (χ1) is 15.7. The van der Waals surface area contributed by atoms with E-state index in [9.17, 15) is 15.3 Å². The average Bonchev–Trinajstić information content (AvgIpc) is 3.49. The van der Waals surface area contributed by atoms with Crippen LogP contribution in [0.15, 0.2) is 49.1 Å². The number of anilines is 1. The number of benzene rings is 2. The molecule has 0 spiro atoms. The zero-order valence-corrected chi connectivity index (χ0v) is 17.2. The third-order valence-corrected chi connectivity index (χ3v) is 6.60. The molecule has 2 aromatic heterocycles. The Kier molecular flexibility index (Phi) is 4.58. The molecule has 1 aliphatic carbocycles. The molecule has 1 unspecified atom stereocenters. The molecule has 0 bridgehead atoms. The van der Waals surface area contributed by atoms with E-state index in [1.807, 2.05) is 0 Å². The quantitative estimate of drug-likeness (QED) is 0.372. The van der Waals surface area contributed by atoms with E-state index < -0.39 is 24.5 Å². The maximum absolute atomic E-state index is 10.4. The largest absolute Gasteiger partial charge is 0.394 e. The number of nitrogens with zero attached hydrogens (tertiary/aromatic N) is 4. The van der Waals surface area contributed by atoms with Gasteiger partial charge >= 0.3 is 0 Å². The van der Waals surface area contributed by atoms with E-state index in [1.165, 1.54) is 34.6 Å². The normalized spacial score (nSPS) is 26.9. The predicted molar refractivity (Wildman–Crippen MR) is 117 cm³/mol. The van der Waals surface area contributed by atoms with Gasteiger partial charge in [-0.15, -0.1) is 0 Å². The number of aliphatic hydroxyl groups excluding tert-OH is 3. The van der Waals surface area contributed by atoms with Gasteiger partial charge in [0.25, 0.3) is 0 Å². The number of aliphatic hydroxyl groups is 3. The summed E-state index contributed by atoms with van der Waals surface area (Å²) < 4.78 is 7.20. The highest BCUT2D eigenvalue weighted by atomic mass is 16.6. The Morgan fingerprint density at radius 3 is 2.72 bits per heavy atom. The topological polar surface area (TPSA) is 126 Å². The highest BCUT2D eigenvalue weighted by Crippen LogP contribution is 2.38. The summed E-state index contributed by atoms with van der Waals surface area (Å²) in [5.74, 6) is 0.923. The fourth-order valence-corrected chi connectivity index (χ4v) is 5.01. The summed E-state index contributed by atoms with van der Waals surface area (Å²) in [6.45, 7) is 0.306. The van der Waals surface area contributed by atoms with Crippen LogP contribution in [-0.4, -0.2) is 66.3 Å². The Bertz CT molecular complexity index is 1300. The number of hydrogen-bond donors (Lipinski definition) is 4. The van der Waals surface area contributed by atoms with Crippen LogP contribution in [0, 0.1) is 0 Å². The summed E-state index contributed by atoms with van der Waals surface area (Å²) in [5.41, 5.74) is 3.74. The zero-order valence-electron chi connectivity index (χ0n) is 17.2. The number of aromatic nitrogens is 4. The van der Waals surface area contributed by atoms with Gasteiger partial charge in [-0.3, -0.25) is 4.57 Å². The molecule has 9 heteroatoms. The van der Waals surface area contributed by atoms with Gasteiger partial charge in [-0.05, 0) is 28.3 Å². The van der Waals surface area contributed by atoms with Crippen molar-refractivity contribution < 1.29 is 20.1 Å². The molecule has 164 valence electrons. The van der Waals surface area contributed by atoms with Crippen molar-refractivity contribution in [2.24, 2.45) is 0 Å². The lowest BCUT2D eigenvalue weighted by Crippen LogP contribution is -2.33. The van der Waals surface area contributed by atoms with E-state index >= 15 is 0 Å². The second-order valence-electron chi connectivity index (χ2n) is 8.42. The molecule has 4 N–H and O–H groups in total. The Labute approximate surface area is 183 Å². The SMILES string of the molecule is OC[C@H]1O[C@@H](n2cnc3c(NCC4Cc5cccc6cccc4c56)ncnc32)[C@H](O)[C@@H]1O. The molecular weight excluding hydrogens is 410 g/mol. The Hall–Kier alpha value is -3.11. The molecule has 4 aromatic rings. The minimum Gasteiger partial charge on any atom is -0.394 e. The summed E-state index contributed by atoms with van der Waals surface area (Å²) in [5, 5.41) is 35.9. The molecule has 2 aromatic carbocycles. The number of ether oxygens (including phenoxy) is 1. The lowest BCUT2D eigenvalue weighted by molar-refractivity contribution is -0.0511. The Morgan fingerprint density at radius 1 is 1.06 bits per heavy atom. The van der Waals surface area contributed by atoms with Crippen molar-refractivity contribution in [3.8, 4) is 0 Å². The molecule has 6 rings (SSSR count). The van der Waals surface area contributed by atoms with Gasteiger partial charge in [-0.25, -0.2) is 15.0 Å². The van der Waals surface area contributed by atoms with E-state index in [0.29, 0.717) is 29.4 Å². The first kappa shape index (κ1) is 19.6. The summed E-state index contributed by atoms with van der Waals surface area (Å²) in [7, 11) is 0. The molecule has 32 heavy (non-hydrogen) atoms. The minimum absolute atomic E-state index is 0.323. The van der Waals surface area contributed by atoms with Crippen molar-refractivity contribution in [2.75, 3.05) is 18.5 Å². The number of fused-ring (bicyclic) bond motifs is 1. The van der Waals surface area contributed by atoms with Crippen molar-refractivity contribution >= 4 is 27.8 Å². The van der Waals surface area contributed by atoms with Crippen LogP contribution in [0.25, 0.3) is 21.9 Å². The van der Waals surface area contributed by atoms with Gasteiger partial charge in [-0.2, -0.15) is 0 Å². The Morgan fingerprint density at radius 2 is 1.91 bits per heavy atom. The smallest absolute Gasteiger partial charge is 0.167 e. The Balaban J connectivity index is 1.27. The molecule has 9 nitrogen and oxygen atoms in total. The summed E-state index contributed by atoms with van der Waals surface area (Å²) >= 11 is 0. The van der Waals surface area contributed by atoms with Crippen molar-refractivity contribution in [3.63, 3.8) is 0 Å². The van der Waals surface area contributed by atoms with E-state index in [4.69, 9.17) is 4.74 Å². The third kappa shape index (κ3) is 2.90. The van der Waals surface area contributed by atoms with Gasteiger partial charge in [0.05, 0.1) is 12.9 Å². The van der Waals surface area contributed by atoms with Crippen molar-refractivity contribution in [3.05, 3.63) is 60.2 Å². The van der Waals surface area contributed by atoms with Gasteiger partial charge < -0.3 is 25.4 Å². The second-order valence-corrected chi connectivity index (χ2v) is 8.42. The molecule has 3 heterocycles. The van der Waals surface area contributed by atoms with Crippen LogP contribution in [0.5, 0.6) is 0 Å². The van der Waals surface area contributed by atoms with Gasteiger partial charge in [0, 0.05) is 12.5 Å². The van der Waals surface area contributed by atoms with Gasteiger partial charge in [0.1, 0.15) is 24.6 Å². The fourth-order valence-electron chi connectivity index (χ4n) is 5.01. The lowest BCUT2D eigenvalue weighted by atomic mass is 10.00. The fraction of sp³-hybridized carbons (Fsp3) is 0.348. The highest BCUT2D eigenvalue weighted by Gasteiger charge is 2.44. The van der Waals surface area contributed by atoms with Crippen LogP contribution >= 0.6 is 0 Å². The molecule has 2 aliphatic rings. The number of nitrogens with one attached hydrogen (secondary N) is 1. The maximum atomic E-state index is 10.4. The van der Waals surface area contributed by atoms with Crippen LogP contribution in [-0.2, 0) is 11.2 Å². The molecule has 1 fully saturated rings. The molecule has 5 atom stereocenters. The maximum Gasteiger partial charge on any atom is 0.167 e. The second kappa shape index (κ2) is 7.49. The highest BCUT2D eigenvalue weighted by molar-refractivity contribution is 5.91. The van der Waals surface area contributed by atoms with Crippen LogP contribution in [0.4, 0.5) is 5.82 Å². The standard InChI is InChI=1S/C23H23N5O4/c29-9-16-19(30)20(31)23(32-16)28-11-27-18-21(25-10-26-22(18)28)24-8-14-7-13-5-1-3-12-4-2-6-15(14)17(12)13/h1-6,10-11,14,16,19-20,23,29-31H,7-9H2,(H,24,25,26)/t14?,16-,19-,20-,23-/m1/s1. The molecule has 1 aliphatic heterocycles. The van der Waals surface area contributed by atoms with Crippen LogP contribution < -0.4 is 5.32 Å².